The van der Waals surface area contributed by atoms with Gasteiger partial charge in [0.05, 0.1) is 12.6 Å². The van der Waals surface area contributed by atoms with E-state index < -0.39 is 0 Å². The highest BCUT2D eigenvalue weighted by Gasteiger charge is 2.32. The molecule has 0 radical (unpaired) electrons. The lowest BCUT2D eigenvalue weighted by molar-refractivity contribution is 0.244. The van der Waals surface area contributed by atoms with Crippen molar-refractivity contribution in [2.75, 3.05) is 18.1 Å². The summed E-state index contributed by atoms with van der Waals surface area (Å²) >= 11 is 4.81. The van der Waals surface area contributed by atoms with Gasteiger partial charge in [-0.3, -0.25) is 0 Å². The van der Waals surface area contributed by atoms with Crippen molar-refractivity contribution in [3.8, 4) is 0 Å². The number of hydrogen-bond acceptors (Lipinski definition) is 5. The highest BCUT2D eigenvalue weighted by atomic mass is 79.9. The zero-order valence-corrected chi connectivity index (χ0v) is 10.3. The van der Waals surface area contributed by atoms with Crippen LogP contribution in [0.5, 0.6) is 0 Å². The van der Waals surface area contributed by atoms with E-state index in [1.165, 1.54) is 11.3 Å². The Morgan fingerprint density at radius 2 is 2.43 bits per heavy atom. The van der Waals surface area contributed by atoms with Crippen molar-refractivity contribution in [1.29, 1.82) is 0 Å². The molecule has 0 spiro atoms. The van der Waals surface area contributed by atoms with Gasteiger partial charge in [-0.1, -0.05) is 18.3 Å². The molecule has 1 aromatic heterocycles. The topological polar surface area (TPSA) is 49.2 Å². The fourth-order valence-electron chi connectivity index (χ4n) is 1.84. The summed E-state index contributed by atoms with van der Waals surface area (Å²) in [5.41, 5.74) is 0. The Labute approximate surface area is 95.1 Å². The normalized spacial score (nSPS) is 27.2. The lowest BCUT2D eigenvalue weighted by atomic mass is 10.0. The lowest BCUT2D eigenvalue weighted by Crippen LogP contribution is -2.35. The Kier molecular flexibility index (Phi) is 3.04. The van der Waals surface area contributed by atoms with Crippen LogP contribution in [-0.4, -0.2) is 34.5 Å². The van der Waals surface area contributed by atoms with Gasteiger partial charge in [-0.15, -0.1) is 10.2 Å². The predicted octanol–water partition coefficient (Wildman–Crippen LogP) is 1.51. The third-order valence-corrected chi connectivity index (χ3v) is 4.10. The van der Waals surface area contributed by atoms with Gasteiger partial charge in [-0.25, -0.2) is 0 Å². The second-order valence-electron chi connectivity index (χ2n) is 3.55. The Hall–Kier alpha value is -0.200. The van der Waals surface area contributed by atoms with E-state index in [1.807, 2.05) is 0 Å². The van der Waals surface area contributed by atoms with E-state index in [1.54, 1.807) is 0 Å². The molecule has 4 nitrogen and oxygen atoms in total. The molecule has 2 atom stereocenters. The number of anilines is 1. The molecular formula is C8H12BrN3OS. The molecule has 0 aromatic carbocycles. The summed E-state index contributed by atoms with van der Waals surface area (Å²) in [6.45, 7) is 3.32. The second kappa shape index (κ2) is 4.12. The van der Waals surface area contributed by atoms with Crippen molar-refractivity contribution >= 4 is 32.4 Å². The molecule has 2 unspecified atom stereocenters. The number of aliphatic hydroxyl groups is 1. The molecule has 2 rings (SSSR count). The van der Waals surface area contributed by atoms with Crippen LogP contribution in [0.3, 0.4) is 0 Å². The molecule has 1 aliphatic rings. The van der Waals surface area contributed by atoms with Crippen LogP contribution in [0, 0.1) is 5.92 Å². The first-order chi connectivity index (χ1) is 6.72. The number of aliphatic hydroxyl groups excluding tert-OH is 1. The molecule has 0 amide bonds. The van der Waals surface area contributed by atoms with E-state index in [0.29, 0.717) is 5.92 Å². The van der Waals surface area contributed by atoms with Gasteiger partial charge in [-0.05, 0) is 28.3 Å². The summed E-state index contributed by atoms with van der Waals surface area (Å²) in [6, 6.07) is 0.204. The number of hydrogen-bond donors (Lipinski definition) is 1. The predicted molar refractivity (Wildman–Crippen MR) is 59.6 cm³/mol. The summed E-state index contributed by atoms with van der Waals surface area (Å²) in [5, 5.41) is 18.2. The van der Waals surface area contributed by atoms with Crippen molar-refractivity contribution in [3.05, 3.63) is 3.92 Å². The van der Waals surface area contributed by atoms with Gasteiger partial charge in [0.15, 0.2) is 3.92 Å². The first-order valence-corrected chi connectivity index (χ1v) is 6.20. The summed E-state index contributed by atoms with van der Waals surface area (Å²) in [6.07, 6.45) is 1.11. The first kappa shape index (κ1) is 10.3. The highest BCUT2D eigenvalue weighted by Crippen LogP contribution is 2.32. The zero-order valence-electron chi connectivity index (χ0n) is 7.85. The quantitative estimate of drug-likeness (QED) is 0.891. The van der Waals surface area contributed by atoms with Gasteiger partial charge >= 0.3 is 0 Å². The molecule has 1 fully saturated rings. The molecule has 2 heterocycles. The third kappa shape index (κ3) is 1.78. The number of aromatic nitrogens is 2. The van der Waals surface area contributed by atoms with Gasteiger partial charge in [0, 0.05) is 6.54 Å². The largest absolute Gasteiger partial charge is 0.394 e. The Morgan fingerprint density at radius 1 is 1.64 bits per heavy atom. The van der Waals surface area contributed by atoms with Crippen LogP contribution in [0.4, 0.5) is 5.13 Å². The molecule has 14 heavy (non-hydrogen) atoms. The summed E-state index contributed by atoms with van der Waals surface area (Å²) in [7, 11) is 0. The van der Waals surface area contributed by atoms with Gasteiger partial charge in [0.25, 0.3) is 0 Å². The SMILES string of the molecule is CC1CCN(c2nnc(Br)s2)C1CO. The number of halogens is 1. The maximum Gasteiger partial charge on any atom is 0.209 e. The Balaban J connectivity index is 2.18. The van der Waals surface area contributed by atoms with Crippen LogP contribution in [0.15, 0.2) is 3.92 Å². The molecule has 78 valence electrons. The molecule has 0 saturated carbocycles. The molecule has 0 bridgehead atoms. The third-order valence-electron chi connectivity index (χ3n) is 2.70. The van der Waals surface area contributed by atoms with Gasteiger partial charge < -0.3 is 10.0 Å². The van der Waals surface area contributed by atoms with E-state index in [0.717, 1.165) is 22.0 Å². The molecular weight excluding hydrogens is 266 g/mol. The van der Waals surface area contributed by atoms with Crippen LogP contribution < -0.4 is 4.90 Å². The van der Waals surface area contributed by atoms with Gasteiger partial charge in [0.1, 0.15) is 0 Å². The first-order valence-electron chi connectivity index (χ1n) is 4.59. The van der Waals surface area contributed by atoms with E-state index in [9.17, 15) is 5.11 Å². The van der Waals surface area contributed by atoms with E-state index in [4.69, 9.17) is 0 Å². The Bertz CT molecular complexity index is 319. The minimum atomic E-state index is 0.193. The van der Waals surface area contributed by atoms with Crippen molar-refractivity contribution in [1.82, 2.24) is 10.2 Å². The molecule has 6 heteroatoms. The van der Waals surface area contributed by atoms with Crippen LogP contribution in [0.1, 0.15) is 13.3 Å². The highest BCUT2D eigenvalue weighted by molar-refractivity contribution is 9.11. The van der Waals surface area contributed by atoms with Crippen LogP contribution in [0.2, 0.25) is 0 Å². The van der Waals surface area contributed by atoms with Crippen LogP contribution in [0.25, 0.3) is 0 Å². The maximum absolute atomic E-state index is 9.28. The standard InChI is InChI=1S/C8H12BrN3OS/c1-5-2-3-12(6(5)4-13)8-11-10-7(9)14-8/h5-6,13H,2-4H2,1H3. The monoisotopic (exact) mass is 277 g/mol. The molecule has 1 aliphatic heterocycles. The Morgan fingerprint density at radius 3 is 3.00 bits per heavy atom. The summed E-state index contributed by atoms with van der Waals surface area (Å²) in [4.78, 5) is 2.15. The minimum absolute atomic E-state index is 0.193. The molecule has 1 aromatic rings. The van der Waals surface area contributed by atoms with Gasteiger partial charge in [-0.2, -0.15) is 0 Å². The van der Waals surface area contributed by atoms with Crippen molar-refractivity contribution in [3.63, 3.8) is 0 Å². The van der Waals surface area contributed by atoms with Crippen LogP contribution in [-0.2, 0) is 0 Å². The number of rotatable bonds is 2. The molecule has 0 aliphatic carbocycles. The van der Waals surface area contributed by atoms with Crippen molar-refractivity contribution in [2.24, 2.45) is 5.92 Å². The lowest BCUT2D eigenvalue weighted by Gasteiger charge is -2.23. The number of nitrogens with zero attached hydrogens (tertiary/aromatic N) is 3. The fraction of sp³-hybridized carbons (Fsp3) is 0.750. The summed E-state index contributed by atoms with van der Waals surface area (Å²) < 4.78 is 0.795. The zero-order chi connectivity index (χ0) is 10.1. The van der Waals surface area contributed by atoms with Crippen LogP contribution >= 0.6 is 27.3 Å². The smallest absolute Gasteiger partial charge is 0.209 e. The van der Waals surface area contributed by atoms with E-state index in [2.05, 4.69) is 38.0 Å². The average molecular weight is 278 g/mol. The maximum atomic E-state index is 9.28. The second-order valence-corrected chi connectivity index (χ2v) is 5.78. The fourth-order valence-corrected chi connectivity index (χ4v) is 3.01. The molecule has 1 saturated heterocycles. The minimum Gasteiger partial charge on any atom is -0.394 e. The average Bonchev–Trinajstić information content (AvgIpc) is 2.71. The van der Waals surface area contributed by atoms with E-state index in [-0.39, 0.29) is 12.6 Å². The van der Waals surface area contributed by atoms with Crippen molar-refractivity contribution < 1.29 is 5.11 Å². The van der Waals surface area contributed by atoms with Gasteiger partial charge in [0.2, 0.25) is 5.13 Å². The summed E-state index contributed by atoms with van der Waals surface area (Å²) in [5.74, 6) is 0.530. The van der Waals surface area contributed by atoms with Crippen molar-refractivity contribution in [2.45, 2.75) is 19.4 Å². The van der Waals surface area contributed by atoms with E-state index >= 15 is 0 Å². The molecule has 1 N–H and O–H groups in total.